The molecule has 1 unspecified atom stereocenters. The van der Waals surface area contributed by atoms with Gasteiger partial charge in [0.05, 0.1) is 11.1 Å². The molecule has 0 heterocycles. The van der Waals surface area contributed by atoms with Crippen molar-refractivity contribution in [2.24, 2.45) is 5.73 Å². The molecule has 1 atom stereocenters. The molecular weight excluding hydrogens is 329 g/mol. The van der Waals surface area contributed by atoms with E-state index >= 15 is 0 Å². The molecule has 19 heavy (non-hydrogen) atoms. The second-order valence-corrected chi connectivity index (χ2v) is 5.89. The van der Waals surface area contributed by atoms with E-state index in [4.69, 9.17) is 17.3 Å². The van der Waals surface area contributed by atoms with Gasteiger partial charge >= 0.3 is 0 Å². The number of aryl methyl sites for hydroxylation is 2. The molecule has 2 N–H and O–H groups in total. The minimum absolute atomic E-state index is 0.358. The summed E-state index contributed by atoms with van der Waals surface area (Å²) in [5, 5.41) is 0.455. The molecule has 0 saturated carbocycles. The highest BCUT2D eigenvalue weighted by Crippen LogP contribution is 2.31. The van der Waals surface area contributed by atoms with Gasteiger partial charge in [0, 0.05) is 10.0 Å². The van der Waals surface area contributed by atoms with Crippen molar-refractivity contribution in [3.63, 3.8) is 0 Å². The lowest BCUT2D eigenvalue weighted by Crippen LogP contribution is -2.15. The van der Waals surface area contributed by atoms with Crippen molar-refractivity contribution in [1.29, 1.82) is 0 Å². The van der Waals surface area contributed by atoms with Gasteiger partial charge in [-0.1, -0.05) is 35.4 Å². The minimum Gasteiger partial charge on any atom is -0.320 e. The van der Waals surface area contributed by atoms with Crippen molar-refractivity contribution in [2.75, 3.05) is 0 Å². The van der Waals surface area contributed by atoms with E-state index < -0.39 is 6.04 Å². The maximum absolute atomic E-state index is 14.0. The van der Waals surface area contributed by atoms with Crippen molar-refractivity contribution >= 4 is 27.5 Å². The van der Waals surface area contributed by atoms with Crippen LogP contribution in [0.25, 0.3) is 0 Å². The van der Waals surface area contributed by atoms with Crippen LogP contribution < -0.4 is 5.73 Å². The van der Waals surface area contributed by atoms with Crippen LogP contribution in [0.4, 0.5) is 4.39 Å². The maximum atomic E-state index is 14.0. The van der Waals surface area contributed by atoms with E-state index in [2.05, 4.69) is 15.9 Å². The normalized spacial score (nSPS) is 12.5. The molecule has 4 heteroatoms. The van der Waals surface area contributed by atoms with Crippen LogP contribution in [0.2, 0.25) is 5.02 Å². The predicted octanol–water partition coefficient (Wildman–Crippen LogP) is 4.91. The van der Waals surface area contributed by atoms with Gasteiger partial charge in [-0.15, -0.1) is 0 Å². The van der Waals surface area contributed by atoms with Gasteiger partial charge in [0.25, 0.3) is 0 Å². The molecule has 100 valence electrons. The molecule has 0 bridgehead atoms. The molecule has 0 amide bonds. The third kappa shape index (κ3) is 2.99. The van der Waals surface area contributed by atoms with E-state index in [-0.39, 0.29) is 5.82 Å². The summed E-state index contributed by atoms with van der Waals surface area (Å²) < 4.78 is 14.5. The fourth-order valence-electron chi connectivity index (χ4n) is 2.12. The van der Waals surface area contributed by atoms with Gasteiger partial charge < -0.3 is 5.73 Å². The summed E-state index contributed by atoms with van der Waals surface area (Å²) in [6, 6.07) is 8.34. The zero-order chi connectivity index (χ0) is 14.2. The lowest BCUT2D eigenvalue weighted by atomic mass is 9.94. The third-order valence-electron chi connectivity index (χ3n) is 3.14. The largest absolute Gasteiger partial charge is 0.320 e. The number of hydrogen-bond donors (Lipinski definition) is 1. The van der Waals surface area contributed by atoms with Crippen molar-refractivity contribution in [1.82, 2.24) is 0 Å². The number of rotatable bonds is 2. The molecule has 1 nitrogen and oxygen atoms in total. The molecule has 0 aliphatic rings. The molecule has 0 spiro atoms. The van der Waals surface area contributed by atoms with E-state index in [0.717, 1.165) is 16.7 Å². The summed E-state index contributed by atoms with van der Waals surface area (Å²) in [5.41, 5.74) is 9.68. The molecule has 2 aromatic rings. The monoisotopic (exact) mass is 341 g/mol. The van der Waals surface area contributed by atoms with Crippen molar-refractivity contribution < 1.29 is 4.39 Å². The lowest BCUT2D eigenvalue weighted by Gasteiger charge is -2.17. The highest BCUT2D eigenvalue weighted by Gasteiger charge is 2.17. The van der Waals surface area contributed by atoms with E-state index in [1.807, 2.05) is 32.0 Å². The summed E-state index contributed by atoms with van der Waals surface area (Å²) in [7, 11) is 0. The van der Waals surface area contributed by atoms with Crippen LogP contribution >= 0.6 is 27.5 Å². The van der Waals surface area contributed by atoms with Gasteiger partial charge in [0.2, 0.25) is 0 Å². The zero-order valence-corrected chi connectivity index (χ0v) is 13.0. The number of benzene rings is 2. The van der Waals surface area contributed by atoms with Crippen LogP contribution in [0, 0.1) is 19.7 Å². The molecule has 0 aliphatic heterocycles. The highest BCUT2D eigenvalue weighted by atomic mass is 79.9. The second kappa shape index (κ2) is 5.61. The number of nitrogens with two attached hydrogens (primary N) is 1. The Morgan fingerprint density at radius 2 is 1.84 bits per heavy atom. The zero-order valence-electron chi connectivity index (χ0n) is 10.7. The summed E-state index contributed by atoms with van der Waals surface area (Å²) in [4.78, 5) is 0. The first-order valence-electron chi connectivity index (χ1n) is 5.87. The molecule has 0 saturated heterocycles. The Kier molecular flexibility index (Phi) is 4.29. The van der Waals surface area contributed by atoms with Crippen LogP contribution in [0.15, 0.2) is 34.8 Å². The summed E-state index contributed by atoms with van der Waals surface area (Å²) >= 11 is 9.21. The molecule has 0 fully saturated rings. The summed E-state index contributed by atoms with van der Waals surface area (Å²) in [6.07, 6.45) is 0. The molecule has 2 aromatic carbocycles. The Bertz CT molecular complexity index is 628. The van der Waals surface area contributed by atoms with Gasteiger partial charge in [0.1, 0.15) is 5.82 Å². The van der Waals surface area contributed by atoms with Crippen LogP contribution in [0.1, 0.15) is 28.3 Å². The Hall–Kier alpha value is -0.900. The average molecular weight is 343 g/mol. The molecular formula is C15H14BrClFN. The van der Waals surface area contributed by atoms with E-state index in [1.54, 1.807) is 6.07 Å². The first-order chi connectivity index (χ1) is 8.90. The summed E-state index contributed by atoms with van der Waals surface area (Å²) in [6.45, 7) is 3.99. The SMILES string of the molecule is Cc1ccc(C(N)c2cc(Cl)c(Br)cc2F)c(C)c1. The minimum atomic E-state index is -0.522. The third-order valence-corrected chi connectivity index (χ3v) is 4.33. The molecule has 0 aliphatic carbocycles. The standard InChI is InChI=1S/C15H14BrClFN/c1-8-3-4-10(9(2)5-8)15(19)11-6-13(17)12(16)7-14(11)18/h3-7,15H,19H2,1-2H3. The first kappa shape index (κ1) is 14.5. The Morgan fingerprint density at radius 1 is 1.16 bits per heavy atom. The van der Waals surface area contributed by atoms with Crippen molar-refractivity contribution in [2.45, 2.75) is 19.9 Å². The molecule has 0 radical (unpaired) electrons. The van der Waals surface area contributed by atoms with Gasteiger partial charge in [-0.2, -0.15) is 0 Å². The number of halogens is 3. The van der Waals surface area contributed by atoms with Crippen molar-refractivity contribution in [3.8, 4) is 0 Å². The van der Waals surface area contributed by atoms with Gasteiger partial charge in [-0.3, -0.25) is 0 Å². The lowest BCUT2D eigenvalue weighted by molar-refractivity contribution is 0.598. The topological polar surface area (TPSA) is 26.0 Å². The smallest absolute Gasteiger partial charge is 0.129 e. The Labute approximate surface area is 125 Å². The van der Waals surface area contributed by atoms with Gasteiger partial charge in [-0.05, 0) is 53.0 Å². The summed E-state index contributed by atoms with van der Waals surface area (Å²) in [5.74, 6) is -0.358. The van der Waals surface area contributed by atoms with Gasteiger partial charge in [-0.25, -0.2) is 4.39 Å². The maximum Gasteiger partial charge on any atom is 0.129 e. The van der Waals surface area contributed by atoms with Gasteiger partial charge in [0.15, 0.2) is 0 Å². The van der Waals surface area contributed by atoms with E-state index in [9.17, 15) is 4.39 Å². The first-order valence-corrected chi connectivity index (χ1v) is 7.04. The highest BCUT2D eigenvalue weighted by molar-refractivity contribution is 9.10. The average Bonchev–Trinajstić information content (AvgIpc) is 2.33. The fraction of sp³-hybridized carbons (Fsp3) is 0.200. The Morgan fingerprint density at radius 3 is 2.47 bits per heavy atom. The van der Waals surface area contributed by atoms with Crippen LogP contribution in [-0.4, -0.2) is 0 Å². The predicted molar refractivity (Wildman–Crippen MR) is 81.1 cm³/mol. The van der Waals surface area contributed by atoms with Crippen LogP contribution in [0.3, 0.4) is 0 Å². The quantitative estimate of drug-likeness (QED) is 0.771. The Balaban J connectivity index is 2.49. The van der Waals surface area contributed by atoms with Crippen LogP contribution in [0.5, 0.6) is 0 Å². The molecule has 0 aromatic heterocycles. The van der Waals surface area contributed by atoms with E-state index in [1.165, 1.54) is 6.07 Å². The van der Waals surface area contributed by atoms with E-state index in [0.29, 0.717) is 15.1 Å². The van der Waals surface area contributed by atoms with Crippen molar-refractivity contribution in [3.05, 3.63) is 67.9 Å². The number of hydrogen-bond acceptors (Lipinski definition) is 1. The van der Waals surface area contributed by atoms with Crippen LogP contribution in [-0.2, 0) is 0 Å². The fourth-order valence-corrected chi connectivity index (χ4v) is 2.61. The second-order valence-electron chi connectivity index (χ2n) is 4.63. The molecule has 2 rings (SSSR count).